The smallest absolute Gasteiger partial charge is 0.216 e. The minimum atomic E-state index is 0.642. The molecule has 0 saturated heterocycles. The van der Waals surface area contributed by atoms with E-state index in [1.165, 1.54) is 5.56 Å². The van der Waals surface area contributed by atoms with Crippen molar-refractivity contribution in [2.24, 2.45) is 7.05 Å². The van der Waals surface area contributed by atoms with Crippen molar-refractivity contribution < 1.29 is 9.47 Å². The monoisotopic (exact) mass is 275 g/mol. The molecule has 0 unspecified atom stereocenters. The van der Waals surface area contributed by atoms with Crippen LogP contribution in [-0.2, 0) is 13.6 Å². The summed E-state index contributed by atoms with van der Waals surface area (Å²) in [6, 6.07) is 6.06. The Morgan fingerprint density at radius 3 is 2.60 bits per heavy atom. The Morgan fingerprint density at radius 1 is 1.20 bits per heavy atom. The number of anilines is 1. The maximum Gasteiger partial charge on any atom is 0.216 e. The van der Waals surface area contributed by atoms with Gasteiger partial charge in [-0.25, -0.2) is 4.68 Å². The summed E-state index contributed by atoms with van der Waals surface area (Å²) in [4.78, 5) is 0. The molecule has 0 aliphatic rings. The van der Waals surface area contributed by atoms with Crippen molar-refractivity contribution in [2.45, 2.75) is 20.4 Å². The highest BCUT2D eigenvalue weighted by atomic mass is 16.5. The molecule has 0 bridgehead atoms. The quantitative estimate of drug-likeness (QED) is 0.911. The van der Waals surface area contributed by atoms with Gasteiger partial charge in [0, 0.05) is 13.6 Å². The summed E-state index contributed by atoms with van der Waals surface area (Å²) in [5, 5.41) is 7.77. The van der Waals surface area contributed by atoms with Crippen molar-refractivity contribution in [3.8, 4) is 11.6 Å². The fraction of sp³-hybridized carbons (Fsp3) is 0.400. The summed E-state index contributed by atoms with van der Waals surface area (Å²) < 4.78 is 12.5. The molecule has 108 valence electrons. The van der Waals surface area contributed by atoms with E-state index in [9.17, 15) is 0 Å². The van der Waals surface area contributed by atoms with Gasteiger partial charge in [0.1, 0.15) is 5.75 Å². The summed E-state index contributed by atoms with van der Waals surface area (Å²) in [6.07, 6.45) is 0. The first-order valence-corrected chi connectivity index (χ1v) is 6.51. The maximum atomic E-state index is 5.39. The first-order chi connectivity index (χ1) is 9.56. The molecule has 5 nitrogen and oxygen atoms in total. The van der Waals surface area contributed by atoms with Gasteiger partial charge in [0.05, 0.1) is 31.2 Å². The minimum Gasteiger partial charge on any atom is -0.495 e. The fourth-order valence-corrected chi connectivity index (χ4v) is 2.28. The predicted octanol–water partition coefficient (Wildman–Crippen LogP) is 2.67. The molecule has 0 fully saturated rings. The van der Waals surface area contributed by atoms with E-state index < -0.39 is 0 Å². The highest BCUT2D eigenvalue weighted by Gasteiger charge is 2.14. The number of hydrogen-bond acceptors (Lipinski definition) is 4. The Labute approximate surface area is 119 Å². The molecule has 1 N–H and O–H groups in total. The molecule has 0 radical (unpaired) electrons. The lowest BCUT2D eigenvalue weighted by Gasteiger charge is -2.12. The van der Waals surface area contributed by atoms with Gasteiger partial charge in [-0.05, 0) is 31.5 Å². The van der Waals surface area contributed by atoms with E-state index in [1.807, 2.05) is 26.1 Å². The van der Waals surface area contributed by atoms with Crippen LogP contribution in [0.5, 0.6) is 11.6 Å². The summed E-state index contributed by atoms with van der Waals surface area (Å²) in [5.74, 6) is 1.61. The van der Waals surface area contributed by atoms with Crippen LogP contribution in [0.4, 0.5) is 5.69 Å². The third-order valence-electron chi connectivity index (χ3n) is 3.29. The molecule has 0 spiro atoms. The highest BCUT2D eigenvalue weighted by molar-refractivity contribution is 5.58. The molecule has 1 aromatic heterocycles. The summed E-state index contributed by atoms with van der Waals surface area (Å²) in [6.45, 7) is 4.68. The first kappa shape index (κ1) is 14.2. The van der Waals surface area contributed by atoms with Gasteiger partial charge >= 0.3 is 0 Å². The van der Waals surface area contributed by atoms with E-state index in [0.29, 0.717) is 6.54 Å². The van der Waals surface area contributed by atoms with Crippen molar-refractivity contribution in [2.75, 3.05) is 19.5 Å². The first-order valence-electron chi connectivity index (χ1n) is 6.51. The van der Waals surface area contributed by atoms with Crippen LogP contribution in [0, 0.1) is 13.8 Å². The highest BCUT2D eigenvalue weighted by Crippen LogP contribution is 2.28. The lowest BCUT2D eigenvalue weighted by molar-refractivity contribution is 0.369. The number of aryl methyl sites for hydroxylation is 3. The Morgan fingerprint density at radius 2 is 1.95 bits per heavy atom. The average molecular weight is 275 g/mol. The van der Waals surface area contributed by atoms with Crippen molar-refractivity contribution in [1.29, 1.82) is 0 Å². The van der Waals surface area contributed by atoms with Gasteiger partial charge in [-0.15, -0.1) is 0 Å². The number of benzene rings is 1. The van der Waals surface area contributed by atoms with E-state index in [0.717, 1.165) is 28.6 Å². The van der Waals surface area contributed by atoms with Crippen molar-refractivity contribution >= 4 is 5.69 Å². The Balaban J connectivity index is 2.23. The molecule has 1 heterocycles. The van der Waals surface area contributed by atoms with Crippen molar-refractivity contribution in [3.63, 3.8) is 0 Å². The van der Waals surface area contributed by atoms with E-state index in [1.54, 1.807) is 18.9 Å². The van der Waals surface area contributed by atoms with E-state index >= 15 is 0 Å². The second kappa shape index (κ2) is 5.86. The van der Waals surface area contributed by atoms with Crippen LogP contribution < -0.4 is 14.8 Å². The molecule has 0 saturated carbocycles. The van der Waals surface area contributed by atoms with Crippen LogP contribution in [0.3, 0.4) is 0 Å². The van der Waals surface area contributed by atoms with Gasteiger partial charge in [0.2, 0.25) is 5.88 Å². The number of hydrogen-bond donors (Lipinski definition) is 1. The fourth-order valence-electron chi connectivity index (χ4n) is 2.28. The number of ether oxygens (including phenoxy) is 2. The predicted molar refractivity (Wildman–Crippen MR) is 79.6 cm³/mol. The molecular formula is C15H21N3O2. The van der Waals surface area contributed by atoms with Gasteiger partial charge in [-0.2, -0.15) is 5.10 Å². The Kier molecular flexibility index (Phi) is 4.17. The van der Waals surface area contributed by atoms with Gasteiger partial charge in [0.25, 0.3) is 0 Å². The summed E-state index contributed by atoms with van der Waals surface area (Å²) >= 11 is 0. The third-order valence-corrected chi connectivity index (χ3v) is 3.29. The summed E-state index contributed by atoms with van der Waals surface area (Å²) in [7, 11) is 5.21. The molecule has 1 aromatic carbocycles. The molecular weight excluding hydrogens is 254 g/mol. The van der Waals surface area contributed by atoms with E-state index in [4.69, 9.17) is 9.47 Å². The van der Waals surface area contributed by atoms with Gasteiger partial charge in [-0.1, -0.05) is 6.07 Å². The lowest BCUT2D eigenvalue weighted by Crippen LogP contribution is -2.04. The number of rotatable bonds is 5. The van der Waals surface area contributed by atoms with Crippen LogP contribution in [0.1, 0.15) is 16.8 Å². The molecule has 20 heavy (non-hydrogen) atoms. The standard InChI is InChI=1S/C15H21N3O2/c1-10-6-7-14(19-4)13(8-10)16-9-12-11(2)17-18(3)15(12)20-5/h6-8,16H,9H2,1-5H3. The zero-order valence-electron chi connectivity index (χ0n) is 12.7. The zero-order valence-corrected chi connectivity index (χ0v) is 12.7. The molecule has 5 heteroatoms. The molecule has 0 aliphatic heterocycles. The average Bonchev–Trinajstić information content (AvgIpc) is 2.70. The molecule has 0 amide bonds. The number of nitrogens with zero attached hydrogens (tertiary/aromatic N) is 2. The molecule has 2 aromatic rings. The minimum absolute atomic E-state index is 0.642. The topological polar surface area (TPSA) is 48.3 Å². The molecule has 2 rings (SSSR count). The summed E-state index contributed by atoms with van der Waals surface area (Å²) in [5.41, 5.74) is 4.17. The largest absolute Gasteiger partial charge is 0.495 e. The Hall–Kier alpha value is -2.17. The van der Waals surface area contributed by atoms with Crippen molar-refractivity contribution in [1.82, 2.24) is 9.78 Å². The van der Waals surface area contributed by atoms with Crippen LogP contribution in [-0.4, -0.2) is 24.0 Å². The van der Waals surface area contributed by atoms with Crippen LogP contribution in [0.15, 0.2) is 18.2 Å². The van der Waals surface area contributed by atoms with Crippen LogP contribution >= 0.6 is 0 Å². The molecule has 0 aliphatic carbocycles. The van der Waals surface area contributed by atoms with Gasteiger partial charge < -0.3 is 14.8 Å². The normalized spacial score (nSPS) is 10.4. The lowest BCUT2D eigenvalue weighted by atomic mass is 10.2. The second-order valence-electron chi connectivity index (χ2n) is 4.75. The van der Waals surface area contributed by atoms with E-state index in [2.05, 4.69) is 23.4 Å². The molecule has 0 atom stereocenters. The number of aromatic nitrogens is 2. The second-order valence-corrected chi connectivity index (χ2v) is 4.75. The van der Waals surface area contributed by atoms with Crippen LogP contribution in [0.2, 0.25) is 0 Å². The maximum absolute atomic E-state index is 5.39. The SMILES string of the molecule is COc1ccc(C)cc1NCc1c(C)nn(C)c1OC. The Bertz CT molecular complexity index is 605. The zero-order chi connectivity index (χ0) is 14.7. The number of methoxy groups -OCH3 is 2. The van der Waals surface area contributed by atoms with Gasteiger partial charge in [-0.3, -0.25) is 0 Å². The van der Waals surface area contributed by atoms with Crippen LogP contribution in [0.25, 0.3) is 0 Å². The van der Waals surface area contributed by atoms with Gasteiger partial charge in [0.15, 0.2) is 0 Å². The third kappa shape index (κ3) is 2.71. The number of nitrogens with one attached hydrogen (secondary N) is 1. The van der Waals surface area contributed by atoms with E-state index in [-0.39, 0.29) is 0 Å². The van der Waals surface area contributed by atoms with Crippen molar-refractivity contribution in [3.05, 3.63) is 35.0 Å².